The molecule has 0 aromatic carbocycles. The van der Waals surface area contributed by atoms with Crippen LogP contribution in [0.1, 0.15) is 44.9 Å². The molecule has 1 amide bonds. The Kier molecular flexibility index (Phi) is 5.80. The summed E-state index contributed by atoms with van der Waals surface area (Å²) in [6.45, 7) is 3.09. The van der Waals surface area contributed by atoms with Crippen LogP contribution in [0.3, 0.4) is 0 Å². The Labute approximate surface area is 138 Å². The highest BCUT2D eigenvalue weighted by Gasteiger charge is 2.26. The standard InChI is InChI=1S/C17H27N5O/c23-17(19-9-8-15-5-2-1-3-6-15)12-21-10-4-7-16(21)11-22-14-18-13-20-22/h5,13-14,16H,1-4,6-12H2,(H,19,23)/t16-/m0/s1. The quantitative estimate of drug-likeness (QED) is 0.778. The van der Waals surface area contributed by atoms with E-state index in [-0.39, 0.29) is 5.91 Å². The second kappa shape index (κ2) is 8.24. The van der Waals surface area contributed by atoms with Gasteiger partial charge in [-0.05, 0) is 51.5 Å². The molecule has 0 bridgehead atoms. The van der Waals surface area contributed by atoms with Gasteiger partial charge in [0.2, 0.25) is 5.91 Å². The third-order valence-electron chi connectivity index (χ3n) is 4.86. The van der Waals surface area contributed by atoms with Gasteiger partial charge in [-0.3, -0.25) is 14.4 Å². The number of hydrogen-bond donors (Lipinski definition) is 1. The van der Waals surface area contributed by atoms with Crippen LogP contribution >= 0.6 is 0 Å². The Morgan fingerprint density at radius 1 is 1.35 bits per heavy atom. The van der Waals surface area contributed by atoms with Crippen LogP contribution in [-0.2, 0) is 11.3 Å². The number of hydrogen-bond acceptors (Lipinski definition) is 4. The molecule has 6 nitrogen and oxygen atoms in total. The molecule has 2 aliphatic rings. The monoisotopic (exact) mass is 317 g/mol. The first-order valence-corrected chi connectivity index (χ1v) is 8.82. The van der Waals surface area contributed by atoms with Gasteiger partial charge in [0.15, 0.2) is 0 Å². The number of carbonyl (C=O) groups excluding carboxylic acids is 1. The number of allylic oxidation sites excluding steroid dienone is 1. The highest BCUT2D eigenvalue weighted by atomic mass is 16.2. The van der Waals surface area contributed by atoms with E-state index in [0.29, 0.717) is 12.6 Å². The van der Waals surface area contributed by atoms with E-state index >= 15 is 0 Å². The van der Waals surface area contributed by atoms with E-state index in [9.17, 15) is 4.79 Å². The van der Waals surface area contributed by atoms with E-state index in [2.05, 4.69) is 26.4 Å². The second-order valence-corrected chi connectivity index (χ2v) is 6.59. The molecule has 0 unspecified atom stereocenters. The van der Waals surface area contributed by atoms with Crippen molar-refractivity contribution in [1.29, 1.82) is 0 Å². The number of carbonyl (C=O) groups is 1. The molecule has 126 valence electrons. The van der Waals surface area contributed by atoms with E-state index < -0.39 is 0 Å². The first-order chi connectivity index (χ1) is 11.3. The normalized spacial score (nSPS) is 22.1. The van der Waals surface area contributed by atoms with Crippen molar-refractivity contribution in [2.24, 2.45) is 0 Å². The molecule has 1 fully saturated rings. The average molecular weight is 317 g/mol. The summed E-state index contributed by atoms with van der Waals surface area (Å²) in [5.41, 5.74) is 1.52. The van der Waals surface area contributed by atoms with Crippen molar-refractivity contribution in [2.75, 3.05) is 19.6 Å². The van der Waals surface area contributed by atoms with Gasteiger partial charge in [-0.1, -0.05) is 11.6 Å². The molecular weight excluding hydrogens is 290 g/mol. The number of nitrogens with one attached hydrogen (secondary N) is 1. The van der Waals surface area contributed by atoms with Crippen LogP contribution in [0.25, 0.3) is 0 Å². The van der Waals surface area contributed by atoms with Crippen LogP contribution in [0.2, 0.25) is 0 Å². The zero-order chi connectivity index (χ0) is 15.9. The summed E-state index contributed by atoms with van der Waals surface area (Å²) in [6, 6.07) is 0.392. The molecule has 1 aromatic heterocycles. The van der Waals surface area contributed by atoms with E-state index in [4.69, 9.17) is 0 Å². The summed E-state index contributed by atoms with van der Waals surface area (Å²) in [4.78, 5) is 18.4. The van der Waals surface area contributed by atoms with Gasteiger partial charge >= 0.3 is 0 Å². The highest BCUT2D eigenvalue weighted by molar-refractivity contribution is 5.78. The van der Waals surface area contributed by atoms with Crippen LogP contribution in [0.4, 0.5) is 0 Å². The SMILES string of the molecule is O=C(CN1CCC[C@H]1Cn1cncn1)NCCC1=CCCCC1. The fourth-order valence-corrected chi connectivity index (χ4v) is 3.59. The summed E-state index contributed by atoms with van der Waals surface area (Å²) >= 11 is 0. The second-order valence-electron chi connectivity index (χ2n) is 6.59. The van der Waals surface area contributed by atoms with Crippen molar-refractivity contribution in [3.05, 3.63) is 24.3 Å². The molecule has 0 spiro atoms. The van der Waals surface area contributed by atoms with Gasteiger partial charge in [0.25, 0.3) is 0 Å². The zero-order valence-electron chi connectivity index (χ0n) is 13.8. The summed E-state index contributed by atoms with van der Waals surface area (Å²) in [6.07, 6.45) is 14.0. The molecule has 0 radical (unpaired) electrons. The highest BCUT2D eigenvalue weighted by Crippen LogP contribution is 2.20. The Morgan fingerprint density at radius 3 is 3.09 bits per heavy atom. The van der Waals surface area contributed by atoms with E-state index in [1.165, 1.54) is 31.3 Å². The molecule has 1 aliphatic carbocycles. The number of rotatable bonds is 7. The largest absolute Gasteiger partial charge is 0.355 e. The fraction of sp³-hybridized carbons (Fsp3) is 0.706. The van der Waals surface area contributed by atoms with Crippen LogP contribution in [-0.4, -0.2) is 51.2 Å². The lowest BCUT2D eigenvalue weighted by Gasteiger charge is -2.23. The minimum absolute atomic E-state index is 0.145. The predicted octanol–water partition coefficient (Wildman–Crippen LogP) is 1.75. The van der Waals surface area contributed by atoms with Crippen molar-refractivity contribution < 1.29 is 4.79 Å². The smallest absolute Gasteiger partial charge is 0.234 e. The third-order valence-corrected chi connectivity index (χ3v) is 4.86. The van der Waals surface area contributed by atoms with Crippen LogP contribution in [0.5, 0.6) is 0 Å². The fourth-order valence-electron chi connectivity index (χ4n) is 3.59. The number of nitrogens with zero attached hydrogens (tertiary/aromatic N) is 4. The van der Waals surface area contributed by atoms with Crippen molar-refractivity contribution in [1.82, 2.24) is 25.0 Å². The first-order valence-electron chi connectivity index (χ1n) is 8.82. The number of aromatic nitrogens is 3. The first kappa shape index (κ1) is 16.2. The Hall–Kier alpha value is -1.69. The Morgan fingerprint density at radius 2 is 2.30 bits per heavy atom. The van der Waals surface area contributed by atoms with E-state index in [1.54, 1.807) is 12.7 Å². The summed E-state index contributed by atoms with van der Waals surface area (Å²) < 4.78 is 1.86. The molecule has 6 heteroatoms. The van der Waals surface area contributed by atoms with Gasteiger partial charge in [0, 0.05) is 12.6 Å². The van der Waals surface area contributed by atoms with Crippen LogP contribution < -0.4 is 5.32 Å². The van der Waals surface area contributed by atoms with Gasteiger partial charge in [0.1, 0.15) is 12.7 Å². The van der Waals surface area contributed by atoms with Crippen LogP contribution in [0.15, 0.2) is 24.3 Å². The van der Waals surface area contributed by atoms with Crippen LogP contribution in [0, 0.1) is 0 Å². The zero-order valence-corrected chi connectivity index (χ0v) is 13.8. The summed E-state index contributed by atoms with van der Waals surface area (Å²) in [7, 11) is 0. The van der Waals surface area contributed by atoms with E-state index in [0.717, 1.165) is 38.9 Å². The summed E-state index contributed by atoms with van der Waals surface area (Å²) in [5, 5.41) is 7.25. The minimum atomic E-state index is 0.145. The lowest BCUT2D eigenvalue weighted by Crippen LogP contribution is -2.41. The maximum Gasteiger partial charge on any atom is 0.234 e. The van der Waals surface area contributed by atoms with Gasteiger partial charge in [0.05, 0.1) is 13.1 Å². The van der Waals surface area contributed by atoms with Crippen molar-refractivity contribution in [2.45, 2.75) is 57.5 Å². The molecule has 1 atom stereocenters. The Bertz CT molecular complexity index is 525. The lowest BCUT2D eigenvalue weighted by atomic mass is 9.97. The average Bonchev–Trinajstić information content (AvgIpc) is 3.22. The minimum Gasteiger partial charge on any atom is -0.355 e. The topological polar surface area (TPSA) is 63.1 Å². The van der Waals surface area contributed by atoms with Gasteiger partial charge in [-0.15, -0.1) is 0 Å². The van der Waals surface area contributed by atoms with Gasteiger partial charge < -0.3 is 5.32 Å². The molecule has 1 aliphatic heterocycles. The molecular formula is C17H27N5O. The van der Waals surface area contributed by atoms with E-state index in [1.807, 2.05) is 4.68 Å². The lowest BCUT2D eigenvalue weighted by molar-refractivity contribution is -0.122. The van der Waals surface area contributed by atoms with Crippen molar-refractivity contribution >= 4 is 5.91 Å². The molecule has 2 heterocycles. The third kappa shape index (κ3) is 4.89. The predicted molar refractivity (Wildman–Crippen MR) is 88.8 cm³/mol. The van der Waals surface area contributed by atoms with Crippen molar-refractivity contribution in [3.63, 3.8) is 0 Å². The van der Waals surface area contributed by atoms with Gasteiger partial charge in [-0.2, -0.15) is 5.10 Å². The number of likely N-dealkylation sites (tertiary alicyclic amines) is 1. The summed E-state index contributed by atoms with van der Waals surface area (Å²) in [5.74, 6) is 0.145. The Balaban J connectivity index is 1.39. The van der Waals surface area contributed by atoms with Crippen molar-refractivity contribution in [3.8, 4) is 0 Å². The maximum atomic E-state index is 12.2. The maximum absolute atomic E-state index is 12.2. The van der Waals surface area contributed by atoms with Gasteiger partial charge in [-0.25, -0.2) is 4.98 Å². The molecule has 3 rings (SSSR count). The molecule has 0 saturated carbocycles. The molecule has 23 heavy (non-hydrogen) atoms. The molecule has 1 saturated heterocycles. The molecule has 1 aromatic rings. The molecule has 1 N–H and O–H groups in total. The number of amides is 1.